The summed E-state index contributed by atoms with van der Waals surface area (Å²) in [5, 5.41) is 7.09. The van der Waals surface area contributed by atoms with Gasteiger partial charge < -0.3 is 9.47 Å². The monoisotopic (exact) mass is 272 g/mol. The smallest absolute Gasteiger partial charge is 0.259 e. The lowest BCUT2D eigenvalue weighted by Crippen LogP contribution is -2.26. The van der Waals surface area contributed by atoms with Crippen LogP contribution in [0.1, 0.15) is 0 Å². The molecule has 0 aliphatic carbocycles. The van der Waals surface area contributed by atoms with Crippen LogP contribution in [0.2, 0.25) is 0 Å². The van der Waals surface area contributed by atoms with Gasteiger partial charge in [0.1, 0.15) is 0 Å². The third kappa shape index (κ3) is 2.07. The van der Waals surface area contributed by atoms with Crippen LogP contribution in [-0.4, -0.2) is 30.1 Å². The molecule has 0 aliphatic rings. The van der Waals surface area contributed by atoms with Crippen molar-refractivity contribution in [1.82, 2.24) is 9.47 Å². The molecular weight excluding hydrogens is 256 g/mol. The molecule has 4 heteroatoms. The summed E-state index contributed by atoms with van der Waals surface area (Å²) >= 11 is 1.59. The first-order valence-electron chi connectivity index (χ1n) is 6.30. The van der Waals surface area contributed by atoms with Crippen LogP contribution in [0.5, 0.6) is 0 Å². The Morgan fingerprint density at radius 3 is 2.63 bits per heavy atom. The number of para-hydroxylation sites is 1. The van der Waals surface area contributed by atoms with E-state index in [9.17, 15) is 4.79 Å². The maximum Gasteiger partial charge on any atom is 0.259 e. The van der Waals surface area contributed by atoms with Gasteiger partial charge in [-0.1, -0.05) is 18.2 Å². The molecule has 0 radical (unpaired) electrons. The molecule has 0 saturated heterocycles. The summed E-state index contributed by atoms with van der Waals surface area (Å²) in [5.74, 6) is 0. The Hall–Kier alpha value is -1.65. The Balaban J connectivity index is 2.32. The Morgan fingerprint density at radius 1 is 1.11 bits per heavy atom. The molecule has 0 spiro atoms. The maximum absolute atomic E-state index is 12.6. The summed E-state index contributed by atoms with van der Waals surface area (Å²) in [7, 11) is 4.05. The fraction of sp³-hybridized carbons (Fsp3) is 0.267. The Morgan fingerprint density at radius 2 is 1.84 bits per heavy atom. The van der Waals surface area contributed by atoms with Crippen molar-refractivity contribution >= 4 is 33.0 Å². The quantitative estimate of drug-likeness (QED) is 0.732. The minimum absolute atomic E-state index is 0.122. The predicted molar refractivity (Wildman–Crippen MR) is 82.1 cm³/mol. The lowest BCUT2D eigenvalue weighted by molar-refractivity contribution is 0.384. The Kier molecular flexibility index (Phi) is 3.12. The highest BCUT2D eigenvalue weighted by Crippen LogP contribution is 2.25. The van der Waals surface area contributed by atoms with Gasteiger partial charge in [0, 0.05) is 29.2 Å². The minimum atomic E-state index is 0.122. The number of thiophene rings is 1. The maximum atomic E-state index is 12.6. The van der Waals surface area contributed by atoms with E-state index in [2.05, 4.69) is 16.3 Å². The highest BCUT2D eigenvalue weighted by Gasteiger charge is 2.10. The van der Waals surface area contributed by atoms with E-state index in [4.69, 9.17) is 0 Å². The van der Waals surface area contributed by atoms with Crippen LogP contribution in [0.15, 0.2) is 39.8 Å². The molecule has 2 heterocycles. The number of aromatic nitrogens is 1. The van der Waals surface area contributed by atoms with Crippen molar-refractivity contribution in [3.63, 3.8) is 0 Å². The average molecular weight is 272 g/mol. The largest absolute Gasteiger partial charge is 0.308 e. The average Bonchev–Trinajstić information content (AvgIpc) is 2.88. The molecule has 0 aliphatic heterocycles. The van der Waals surface area contributed by atoms with Gasteiger partial charge in [0.25, 0.3) is 5.56 Å². The minimum Gasteiger partial charge on any atom is -0.308 e. The molecule has 0 amide bonds. The Bertz CT molecular complexity index is 786. The fourth-order valence-corrected chi connectivity index (χ4v) is 3.21. The zero-order chi connectivity index (χ0) is 13.4. The zero-order valence-corrected chi connectivity index (χ0v) is 11.9. The SMILES string of the molecule is CN(C)CCn1c(=O)c2cscc2c2ccccc21. The summed E-state index contributed by atoms with van der Waals surface area (Å²) in [4.78, 5) is 14.7. The number of fused-ring (bicyclic) bond motifs is 3. The normalized spacial score (nSPS) is 11.7. The molecule has 0 atom stereocenters. The van der Waals surface area contributed by atoms with E-state index < -0.39 is 0 Å². The summed E-state index contributed by atoms with van der Waals surface area (Å²) in [5.41, 5.74) is 1.15. The molecule has 2 aromatic heterocycles. The molecule has 3 aromatic rings. The molecule has 98 valence electrons. The molecule has 0 fully saturated rings. The number of likely N-dealkylation sites (N-methyl/N-ethyl adjacent to an activating group) is 1. The second-order valence-electron chi connectivity index (χ2n) is 4.98. The zero-order valence-electron chi connectivity index (χ0n) is 11.1. The topological polar surface area (TPSA) is 25.2 Å². The van der Waals surface area contributed by atoms with E-state index in [0.29, 0.717) is 0 Å². The first-order valence-corrected chi connectivity index (χ1v) is 7.25. The lowest BCUT2D eigenvalue weighted by atomic mass is 10.1. The van der Waals surface area contributed by atoms with Gasteiger partial charge in [-0.15, -0.1) is 0 Å². The highest BCUT2D eigenvalue weighted by molar-refractivity contribution is 7.09. The van der Waals surface area contributed by atoms with Gasteiger partial charge in [0.05, 0.1) is 10.9 Å². The second-order valence-corrected chi connectivity index (χ2v) is 5.72. The lowest BCUT2D eigenvalue weighted by Gasteiger charge is -2.14. The van der Waals surface area contributed by atoms with Crippen LogP contribution in [0.3, 0.4) is 0 Å². The van der Waals surface area contributed by atoms with Gasteiger partial charge in [-0.3, -0.25) is 4.79 Å². The van der Waals surface area contributed by atoms with Crippen molar-refractivity contribution in [2.45, 2.75) is 6.54 Å². The van der Waals surface area contributed by atoms with Gasteiger partial charge in [-0.05, 0) is 25.5 Å². The van der Waals surface area contributed by atoms with Gasteiger partial charge in [0.15, 0.2) is 0 Å². The summed E-state index contributed by atoms with van der Waals surface area (Å²) in [6.45, 7) is 1.58. The van der Waals surface area contributed by atoms with Crippen molar-refractivity contribution in [2.75, 3.05) is 20.6 Å². The van der Waals surface area contributed by atoms with Crippen LogP contribution < -0.4 is 5.56 Å². The number of rotatable bonds is 3. The fourth-order valence-electron chi connectivity index (χ4n) is 2.38. The van der Waals surface area contributed by atoms with Crippen molar-refractivity contribution < 1.29 is 0 Å². The van der Waals surface area contributed by atoms with Crippen LogP contribution in [0.4, 0.5) is 0 Å². The van der Waals surface area contributed by atoms with Gasteiger partial charge in [-0.2, -0.15) is 11.3 Å². The van der Waals surface area contributed by atoms with E-state index in [0.717, 1.165) is 34.8 Å². The third-order valence-corrected chi connectivity index (χ3v) is 4.14. The molecule has 3 nitrogen and oxygen atoms in total. The van der Waals surface area contributed by atoms with E-state index >= 15 is 0 Å². The van der Waals surface area contributed by atoms with Crippen LogP contribution in [0, 0.1) is 0 Å². The van der Waals surface area contributed by atoms with E-state index in [-0.39, 0.29) is 5.56 Å². The van der Waals surface area contributed by atoms with Crippen molar-refractivity contribution in [3.05, 3.63) is 45.4 Å². The molecule has 1 aromatic carbocycles. The standard InChI is InChI=1S/C15H16N2OS/c1-16(2)7-8-17-14-6-4-3-5-11(14)12-9-19-10-13(12)15(17)18/h3-6,9-10H,7-8H2,1-2H3. The summed E-state index contributed by atoms with van der Waals surface area (Å²) < 4.78 is 1.89. The third-order valence-electron chi connectivity index (χ3n) is 3.39. The molecular formula is C15H16N2OS. The molecule has 0 saturated carbocycles. The Labute approximate surface area is 115 Å². The van der Waals surface area contributed by atoms with Crippen molar-refractivity contribution in [1.29, 1.82) is 0 Å². The van der Waals surface area contributed by atoms with E-state index in [1.165, 1.54) is 0 Å². The van der Waals surface area contributed by atoms with Crippen molar-refractivity contribution in [3.8, 4) is 0 Å². The predicted octanol–water partition coefficient (Wildman–Crippen LogP) is 2.78. The van der Waals surface area contributed by atoms with Gasteiger partial charge >= 0.3 is 0 Å². The number of pyridine rings is 1. The van der Waals surface area contributed by atoms with Gasteiger partial charge in [0.2, 0.25) is 0 Å². The first-order chi connectivity index (χ1) is 9.18. The van der Waals surface area contributed by atoms with E-state index in [1.54, 1.807) is 11.3 Å². The molecule has 0 N–H and O–H groups in total. The van der Waals surface area contributed by atoms with Crippen molar-refractivity contribution in [2.24, 2.45) is 0 Å². The summed E-state index contributed by atoms with van der Waals surface area (Å²) in [6, 6.07) is 8.14. The molecule has 0 bridgehead atoms. The number of hydrogen-bond donors (Lipinski definition) is 0. The number of nitrogens with zero attached hydrogens (tertiary/aromatic N) is 2. The second kappa shape index (κ2) is 4.79. The van der Waals surface area contributed by atoms with Crippen LogP contribution in [0.25, 0.3) is 21.7 Å². The molecule has 19 heavy (non-hydrogen) atoms. The van der Waals surface area contributed by atoms with Gasteiger partial charge in [-0.25, -0.2) is 0 Å². The van der Waals surface area contributed by atoms with E-state index in [1.807, 2.05) is 42.2 Å². The summed E-state index contributed by atoms with van der Waals surface area (Å²) in [6.07, 6.45) is 0. The van der Waals surface area contributed by atoms with Crippen LogP contribution >= 0.6 is 11.3 Å². The number of hydrogen-bond acceptors (Lipinski definition) is 3. The molecule has 3 rings (SSSR count). The van der Waals surface area contributed by atoms with Crippen LogP contribution in [-0.2, 0) is 6.54 Å². The highest BCUT2D eigenvalue weighted by atomic mass is 32.1. The first kappa shape index (κ1) is 12.4. The molecule has 0 unspecified atom stereocenters. The number of benzene rings is 1.